The van der Waals surface area contributed by atoms with E-state index in [0.717, 1.165) is 13.2 Å². The quantitative estimate of drug-likeness (QED) is 0.680. The van der Waals surface area contributed by atoms with Gasteiger partial charge in [0, 0.05) is 20.3 Å². The molecule has 0 aromatic rings. The van der Waals surface area contributed by atoms with Gasteiger partial charge < -0.3 is 10.1 Å². The van der Waals surface area contributed by atoms with Crippen LogP contribution in [0.4, 0.5) is 0 Å². The van der Waals surface area contributed by atoms with Gasteiger partial charge in [-0.1, -0.05) is 20.3 Å². The molecular weight excluding hydrogens is 174 g/mol. The molecule has 1 aliphatic rings. The van der Waals surface area contributed by atoms with Crippen LogP contribution in [0.1, 0.15) is 39.5 Å². The standard InChI is InChI=1S/C12H25NO/c1-4-12(6-5-7-12)10-13-8-11(2)9-14-3/h11,13H,4-10H2,1-3H3. The monoisotopic (exact) mass is 199 g/mol. The summed E-state index contributed by atoms with van der Waals surface area (Å²) in [5.41, 5.74) is 0.646. The molecule has 0 amide bonds. The Bertz CT molecular complexity index is 149. The highest BCUT2D eigenvalue weighted by Crippen LogP contribution is 2.42. The maximum Gasteiger partial charge on any atom is 0.0499 e. The normalized spacial score (nSPS) is 21.6. The Morgan fingerprint density at radius 1 is 1.43 bits per heavy atom. The smallest absolute Gasteiger partial charge is 0.0499 e. The van der Waals surface area contributed by atoms with Gasteiger partial charge in [-0.05, 0) is 37.1 Å². The maximum absolute atomic E-state index is 5.11. The van der Waals surface area contributed by atoms with Crippen molar-refractivity contribution in [1.82, 2.24) is 5.32 Å². The Morgan fingerprint density at radius 3 is 2.57 bits per heavy atom. The van der Waals surface area contributed by atoms with Crippen molar-refractivity contribution < 1.29 is 4.74 Å². The molecule has 0 bridgehead atoms. The zero-order chi connectivity index (χ0) is 10.4. The highest BCUT2D eigenvalue weighted by atomic mass is 16.5. The van der Waals surface area contributed by atoms with Gasteiger partial charge in [-0.2, -0.15) is 0 Å². The average Bonchev–Trinajstić information content (AvgIpc) is 2.10. The van der Waals surface area contributed by atoms with Crippen molar-refractivity contribution in [3.63, 3.8) is 0 Å². The van der Waals surface area contributed by atoms with Gasteiger partial charge in [0.25, 0.3) is 0 Å². The number of nitrogens with one attached hydrogen (secondary N) is 1. The van der Waals surface area contributed by atoms with Crippen LogP contribution in [-0.2, 0) is 4.74 Å². The summed E-state index contributed by atoms with van der Waals surface area (Å²) in [5, 5.41) is 3.58. The molecular formula is C12H25NO. The first-order valence-electron chi connectivity index (χ1n) is 5.92. The Kier molecular flexibility index (Phi) is 4.90. The first-order chi connectivity index (χ1) is 6.72. The van der Waals surface area contributed by atoms with E-state index in [-0.39, 0.29) is 0 Å². The third kappa shape index (κ3) is 3.25. The van der Waals surface area contributed by atoms with Gasteiger partial charge in [-0.15, -0.1) is 0 Å². The van der Waals surface area contributed by atoms with Crippen LogP contribution < -0.4 is 5.32 Å². The number of methoxy groups -OCH3 is 1. The maximum atomic E-state index is 5.11. The summed E-state index contributed by atoms with van der Waals surface area (Å²) in [6, 6.07) is 0. The lowest BCUT2D eigenvalue weighted by Gasteiger charge is -2.41. The minimum Gasteiger partial charge on any atom is -0.384 e. The molecule has 2 nitrogen and oxygen atoms in total. The number of rotatable bonds is 7. The second-order valence-electron chi connectivity index (χ2n) is 4.90. The van der Waals surface area contributed by atoms with Crippen LogP contribution in [0, 0.1) is 11.3 Å². The molecule has 0 spiro atoms. The van der Waals surface area contributed by atoms with E-state index in [9.17, 15) is 0 Å². The van der Waals surface area contributed by atoms with Crippen LogP contribution in [0.2, 0.25) is 0 Å². The van der Waals surface area contributed by atoms with Gasteiger partial charge in [0.2, 0.25) is 0 Å². The van der Waals surface area contributed by atoms with Crippen LogP contribution in [-0.4, -0.2) is 26.8 Å². The lowest BCUT2D eigenvalue weighted by molar-refractivity contribution is 0.115. The molecule has 1 aliphatic carbocycles. The van der Waals surface area contributed by atoms with Crippen LogP contribution >= 0.6 is 0 Å². The van der Waals surface area contributed by atoms with E-state index in [2.05, 4.69) is 19.2 Å². The molecule has 0 radical (unpaired) electrons. The summed E-state index contributed by atoms with van der Waals surface area (Å²) in [4.78, 5) is 0. The van der Waals surface area contributed by atoms with Crippen molar-refractivity contribution in [2.75, 3.05) is 26.8 Å². The van der Waals surface area contributed by atoms with Gasteiger partial charge in [0.15, 0.2) is 0 Å². The van der Waals surface area contributed by atoms with E-state index in [0.29, 0.717) is 11.3 Å². The van der Waals surface area contributed by atoms with Gasteiger partial charge >= 0.3 is 0 Å². The summed E-state index contributed by atoms with van der Waals surface area (Å²) >= 11 is 0. The number of hydrogen-bond acceptors (Lipinski definition) is 2. The van der Waals surface area contributed by atoms with Crippen molar-refractivity contribution in [1.29, 1.82) is 0 Å². The van der Waals surface area contributed by atoms with Crippen molar-refractivity contribution in [3.8, 4) is 0 Å². The second kappa shape index (κ2) is 5.72. The lowest BCUT2D eigenvalue weighted by atomic mass is 9.67. The third-order valence-corrected chi connectivity index (χ3v) is 3.61. The topological polar surface area (TPSA) is 21.3 Å². The summed E-state index contributed by atoms with van der Waals surface area (Å²) in [7, 11) is 1.77. The van der Waals surface area contributed by atoms with E-state index < -0.39 is 0 Å². The fraction of sp³-hybridized carbons (Fsp3) is 1.00. The van der Waals surface area contributed by atoms with Crippen molar-refractivity contribution in [2.24, 2.45) is 11.3 Å². The Morgan fingerprint density at radius 2 is 2.14 bits per heavy atom. The van der Waals surface area contributed by atoms with Gasteiger partial charge in [0.1, 0.15) is 0 Å². The van der Waals surface area contributed by atoms with E-state index >= 15 is 0 Å². The molecule has 2 heteroatoms. The molecule has 1 N–H and O–H groups in total. The molecule has 0 aliphatic heterocycles. The van der Waals surface area contributed by atoms with Gasteiger partial charge in [-0.3, -0.25) is 0 Å². The van der Waals surface area contributed by atoms with Crippen molar-refractivity contribution in [2.45, 2.75) is 39.5 Å². The van der Waals surface area contributed by atoms with E-state index in [1.165, 1.54) is 32.2 Å². The largest absolute Gasteiger partial charge is 0.384 e. The molecule has 0 heterocycles. The minimum atomic E-state index is 0.633. The number of ether oxygens (including phenoxy) is 1. The van der Waals surface area contributed by atoms with E-state index in [1.807, 2.05) is 0 Å². The van der Waals surface area contributed by atoms with Crippen molar-refractivity contribution >= 4 is 0 Å². The molecule has 1 fully saturated rings. The first-order valence-corrected chi connectivity index (χ1v) is 5.92. The van der Waals surface area contributed by atoms with Crippen molar-refractivity contribution in [3.05, 3.63) is 0 Å². The first kappa shape index (κ1) is 12.0. The van der Waals surface area contributed by atoms with Crippen LogP contribution in [0.3, 0.4) is 0 Å². The average molecular weight is 199 g/mol. The molecule has 1 saturated carbocycles. The summed E-state index contributed by atoms with van der Waals surface area (Å²) < 4.78 is 5.11. The Labute approximate surface area is 88.4 Å². The predicted octanol–water partition coefficient (Wildman–Crippen LogP) is 2.44. The molecule has 1 unspecified atom stereocenters. The summed E-state index contributed by atoms with van der Waals surface area (Å²) in [5.74, 6) is 0.633. The molecule has 1 rings (SSSR count). The Balaban J connectivity index is 2.08. The van der Waals surface area contributed by atoms with Crippen LogP contribution in [0.15, 0.2) is 0 Å². The molecule has 1 atom stereocenters. The number of hydrogen-bond donors (Lipinski definition) is 1. The minimum absolute atomic E-state index is 0.633. The zero-order valence-electron chi connectivity index (χ0n) is 9.94. The predicted molar refractivity (Wildman–Crippen MR) is 60.5 cm³/mol. The van der Waals surface area contributed by atoms with Gasteiger partial charge in [-0.25, -0.2) is 0 Å². The molecule has 0 aromatic carbocycles. The van der Waals surface area contributed by atoms with E-state index in [4.69, 9.17) is 4.74 Å². The van der Waals surface area contributed by atoms with Crippen LogP contribution in [0.25, 0.3) is 0 Å². The highest BCUT2D eigenvalue weighted by molar-refractivity contribution is 4.88. The zero-order valence-corrected chi connectivity index (χ0v) is 9.94. The molecule has 84 valence electrons. The van der Waals surface area contributed by atoms with Gasteiger partial charge in [0.05, 0.1) is 0 Å². The molecule has 0 aromatic heterocycles. The summed E-state index contributed by atoms with van der Waals surface area (Å²) in [6.45, 7) is 7.72. The third-order valence-electron chi connectivity index (χ3n) is 3.61. The Hall–Kier alpha value is -0.0800. The molecule has 0 saturated heterocycles. The highest BCUT2D eigenvalue weighted by Gasteiger charge is 2.34. The van der Waals surface area contributed by atoms with E-state index in [1.54, 1.807) is 7.11 Å². The lowest BCUT2D eigenvalue weighted by Crippen LogP contribution is -2.41. The molecule has 14 heavy (non-hydrogen) atoms. The second-order valence-corrected chi connectivity index (χ2v) is 4.90. The van der Waals surface area contributed by atoms with Crippen LogP contribution in [0.5, 0.6) is 0 Å². The SMILES string of the molecule is CCC1(CNCC(C)COC)CCC1. The fourth-order valence-electron chi connectivity index (χ4n) is 2.26. The fourth-order valence-corrected chi connectivity index (χ4v) is 2.26. The summed E-state index contributed by atoms with van der Waals surface area (Å²) in [6.07, 6.45) is 5.62.